The van der Waals surface area contributed by atoms with Gasteiger partial charge in [0.25, 0.3) is 10.0 Å². The largest absolute Gasteiger partial charge is 0.492 e. The molecule has 1 aromatic heterocycles. The molecule has 0 saturated carbocycles. The number of urea groups is 1. The van der Waals surface area contributed by atoms with E-state index in [1.165, 1.54) is 6.20 Å². The monoisotopic (exact) mass is 518 g/mol. The van der Waals surface area contributed by atoms with Crippen molar-refractivity contribution in [2.75, 3.05) is 56.2 Å². The molecule has 1 aliphatic heterocycles. The Labute approximate surface area is 209 Å². The van der Waals surface area contributed by atoms with Gasteiger partial charge in [-0.05, 0) is 48.5 Å². The van der Waals surface area contributed by atoms with Crippen LogP contribution in [0.5, 0.6) is 5.75 Å². The third kappa shape index (κ3) is 6.73. The van der Waals surface area contributed by atoms with Crippen molar-refractivity contribution in [1.82, 2.24) is 19.4 Å². The van der Waals surface area contributed by atoms with Gasteiger partial charge in [-0.15, -0.1) is 0 Å². The van der Waals surface area contributed by atoms with E-state index in [2.05, 4.69) is 25.9 Å². The molecule has 35 heavy (non-hydrogen) atoms. The number of aromatic nitrogens is 2. The summed E-state index contributed by atoms with van der Waals surface area (Å²) in [5.74, 6) is 0.495. The Hall–Kier alpha value is -3.12. The summed E-state index contributed by atoms with van der Waals surface area (Å²) in [6, 6.07) is 12.9. The van der Waals surface area contributed by atoms with Crippen molar-refractivity contribution in [3.63, 3.8) is 0 Å². The lowest BCUT2D eigenvalue weighted by Gasteiger charge is -2.27. The van der Waals surface area contributed by atoms with Gasteiger partial charge < -0.3 is 20.7 Å². The molecule has 2 aromatic carbocycles. The van der Waals surface area contributed by atoms with Crippen LogP contribution in [0.15, 0.2) is 54.7 Å². The molecule has 1 aliphatic rings. The fourth-order valence-corrected chi connectivity index (χ4v) is 4.60. The van der Waals surface area contributed by atoms with Crippen LogP contribution in [-0.4, -0.2) is 74.1 Å². The van der Waals surface area contributed by atoms with Crippen LogP contribution in [-0.2, 0) is 10.0 Å². The van der Waals surface area contributed by atoms with Crippen LogP contribution >= 0.6 is 11.6 Å². The average Bonchev–Trinajstić information content (AvgIpc) is 3.33. The van der Waals surface area contributed by atoms with E-state index in [0.29, 0.717) is 40.0 Å². The van der Waals surface area contributed by atoms with Crippen LogP contribution in [0, 0.1) is 0 Å². The number of nitrogens with zero attached hydrogens (tertiary/aromatic N) is 3. The molecule has 3 aromatic rings. The van der Waals surface area contributed by atoms with Gasteiger partial charge in [-0.1, -0.05) is 11.6 Å². The average molecular weight is 519 g/mol. The zero-order valence-electron chi connectivity index (χ0n) is 19.2. The van der Waals surface area contributed by atoms with E-state index in [1.807, 2.05) is 0 Å². The summed E-state index contributed by atoms with van der Waals surface area (Å²) in [7, 11) is -3.65. The maximum Gasteiger partial charge on any atom is 0.323 e. The molecule has 2 heterocycles. The number of nitrogens with one attached hydrogen (secondary N) is 3. The highest BCUT2D eigenvalue weighted by Gasteiger charge is 2.19. The number of carbonyl (C=O) groups is 1. The molecule has 1 saturated heterocycles. The number of ether oxygens (including phenoxy) is 1. The second-order valence-corrected chi connectivity index (χ2v) is 10.3. The fourth-order valence-electron chi connectivity index (χ4n) is 3.73. The molecule has 0 atom stereocenters. The van der Waals surface area contributed by atoms with Gasteiger partial charge in [-0.25, -0.2) is 13.2 Å². The predicted octanol–water partition coefficient (Wildman–Crippen LogP) is 2.94. The number of hydrogen-bond acceptors (Lipinski definition) is 7. The number of carbonyl (C=O) groups excluding carboxylic acids is 1. The maximum absolute atomic E-state index is 12.5. The van der Waals surface area contributed by atoms with Gasteiger partial charge in [0.15, 0.2) is 0 Å². The molecule has 0 bridgehead atoms. The minimum absolute atomic E-state index is 0.339. The number of hydrogen-bond donors (Lipinski definition) is 3. The molecule has 2 amide bonds. The summed E-state index contributed by atoms with van der Waals surface area (Å²) < 4.78 is 31.5. The number of benzene rings is 2. The summed E-state index contributed by atoms with van der Waals surface area (Å²) in [5, 5.41) is 13.3. The first-order chi connectivity index (χ1) is 16.8. The summed E-state index contributed by atoms with van der Waals surface area (Å²) in [5.41, 5.74) is 1.88. The topological polar surface area (TPSA) is 118 Å². The fraction of sp³-hybridized carbons (Fsp3) is 0.304. The van der Waals surface area contributed by atoms with Gasteiger partial charge >= 0.3 is 6.03 Å². The van der Waals surface area contributed by atoms with Gasteiger partial charge in [0.05, 0.1) is 18.1 Å². The Bertz CT molecular complexity index is 1270. The van der Waals surface area contributed by atoms with Crippen LogP contribution in [0.2, 0.25) is 5.02 Å². The molecule has 0 unspecified atom stereocenters. The highest BCUT2D eigenvalue weighted by Crippen LogP contribution is 2.33. The zero-order valence-corrected chi connectivity index (χ0v) is 20.8. The molecule has 4 rings (SSSR count). The molecule has 3 N–H and O–H groups in total. The van der Waals surface area contributed by atoms with E-state index < -0.39 is 16.1 Å². The van der Waals surface area contributed by atoms with E-state index in [4.69, 9.17) is 16.3 Å². The van der Waals surface area contributed by atoms with Crippen LogP contribution in [0.3, 0.4) is 0 Å². The van der Waals surface area contributed by atoms with Crippen LogP contribution in [0.1, 0.15) is 0 Å². The lowest BCUT2D eigenvalue weighted by atomic mass is 10.1. The number of rotatable bonds is 8. The standard InChI is InChI=1S/C23H27ClN6O4S/c1-35(32,33)30-21(8-9-26-30)20-16-19(28-23(31)27-18-4-2-17(24)3-5-18)6-7-22(20)34-15-14-29-12-10-25-11-13-29/h2-9,16,25H,10-15H2,1H3,(H2,27,28,31). The summed E-state index contributed by atoms with van der Waals surface area (Å²) in [6.07, 6.45) is 2.49. The SMILES string of the molecule is CS(=O)(=O)n1nccc1-c1cc(NC(=O)Nc2ccc(Cl)cc2)ccc1OCCN1CCNCC1. The Kier molecular flexibility index (Phi) is 7.91. The van der Waals surface area contributed by atoms with Gasteiger partial charge in [0.1, 0.15) is 12.4 Å². The third-order valence-corrected chi connectivity index (χ3v) is 6.59. The second kappa shape index (κ2) is 11.1. The molecule has 12 heteroatoms. The van der Waals surface area contributed by atoms with Crippen molar-refractivity contribution in [3.05, 3.63) is 59.8 Å². The number of anilines is 2. The highest BCUT2D eigenvalue weighted by atomic mass is 35.5. The Balaban J connectivity index is 1.55. The lowest BCUT2D eigenvalue weighted by Crippen LogP contribution is -2.44. The normalized spacial score (nSPS) is 14.5. The number of amides is 2. The Morgan fingerprint density at radius 1 is 1.09 bits per heavy atom. The van der Waals surface area contributed by atoms with Crippen LogP contribution in [0.25, 0.3) is 11.3 Å². The summed E-state index contributed by atoms with van der Waals surface area (Å²) in [4.78, 5) is 14.8. The van der Waals surface area contributed by atoms with Crippen molar-refractivity contribution in [3.8, 4) is 17.0 Å². The van der Waals surface area contributed by atoms with E-state index in [0.717, 1.165) is 43.1 Å². The van der Waals surface area contributed by atoms with Crippen molar-refractivity contribution in [2.24, 2.45) is 0 Å². The van der Waals surface area contributed by atoms with Gasteiger partial charge in [0, 0.05) is 54.7 Å². The Morgan fingerprint density at radius 3 is 2.49 bits per heavy atom. The van der Waals surface area contributed by atoms with E-state index in [9.17, 15) is 13.2 Å². The maximum atomic E-state index is 12.5. The molecule has 186 valence electrons. The lowest BCUT2D eigenvalue weighted by molar-refractivity contribution is 0.191. The Morgan fingerprint density at radius 2 is 1.77 bits per heavy atom. The van der Waals surface area contributed by atoms with E-state index in [1.54, 1.807) is 48.5 Å². The van der Waals surface area contributed by atoms with Crippen molar-refractivity contribution < 1.29 is 17.9 Å². The minimum atomic E-state index is -3.65. The first-order valence-corrected chi connectivity index (χ1v) is 13.3. The third-order valence-electron chi connectivity index (χ3n) is 5.41. The molecule has 1 fully saturated rings. The molecular weight excluding hydrogens is 492 g/mol. The molecule has 0 aliphatic carbocycles. The smallest absolute Gasteiger partial charge is 0.323 e. The van der Waals surface area contributed by atoms with Gasteiger partial charge in [-0.3, -0.25) is 4.90 Å². The van der Waals surface area contributed by atoms with E-state index >= 15 is 0 Å². The number of halogens is 1. The molecule has 0 radical (unpaired) electrons. The van der Waals surface area contributed by atoms with Gasteiger partial charge in [0.2, 0.25) is 0 Å². The van der Waals surface area contributed by atoms with Crippen molar-refractivity contribution in [2.45, 2.75) is 0 Å². The van der Waals surface area contributed by atoms with Crippen molar-refractivity contribution in [1.29, 1.82) is 0 Å². The van der Waals surface area contributed by atoms with Crippen LogP contribution < -0.4 is 20.7 Å². The number of piperazine rings is 1. The predicted molar refractivity (Wildman–Crippen MR) is 137 cm³/mol. The highest BCUT2D eigenvalue weighted by molar-refractivity contribution is 7.89. The quantitative estimate of drug-likeness (QED) is 0.419. The first kappa shape index (κ1) is 25.0. The van der Waals surface area contributed by atoms with Crippen LogP contribution in [0.4, 0.5) is 16.2 Å². The van der Waals surface area contributed by atoms with Crippen molar-refractivity contribution >= 4 is 39.0 Å². The summed E-state index contributed by atoms with van der Waals surface area (Å²) >= 11 is 5.89. The molecule has 10 nitrogen and oxygen atoms in total. The molecule has 0 spiro atoms. The minimum Gasteiger partial charge on any atom is -0.492 e. The second-order valence-electron chi connectivity index (χ2n) is 8.06. The van der Waals surface area contributed by atoms with E-state index in [-0.39, 0.29) is 0 Å². The first-order valence-electron chi connectivity index (χ1n) is 11.1. The summed E-state index contributed by atoms with van der Waals surface area (Å²) in [6.45, 7) is 4.96. The zero-order chi connectivity index (χ0) is 24.8. The van der Waals surface area contributed by atoms with Gasteiger partial charge in [-0.2, -0.15) is 9.19 Å². The molecular formula is C23H27ClN6O4S.